The zero-order chi connectivity index (χ0) is 14.3. The number of hydrogen-bond acceptors (Lipinski definition) is 6. The van der Waals surface area contributed by atoms with Crippen molar-refractivity contribution in [3.8, 4) is 0 Å². The predicted molar refractivity (Wildman–Crippen MR) is 72.3 cm³/mol. The number of thiophene rings is 1. The van der Waals surface area contributed by atoms with Gasteiger partial charge in [0.15, 0.2) is 0 Å². The number of amides is 1. The Morgan fingerprint density at radius 1 is 1.47 bits per heavy atom. The van der Waals surface area contributed by atoms with E-state index in [0.29, 0.717) is 13.2 Å². The Bertz CT molecular complexity index is 513. The van der Waals surface area contributed by atoms with Gasteiger partial charge in [0.05, 0.1) is 13.2 Å². The monoisotopic (exact) mass is 307 g/mol. The first-order valence-electron chi connectivity index (χ1n) is 5.53. The van der Waals surface area contributed by atoms with Gasteiger partial charge in [-0.15, -0.1) is 11.3 Å². The molecule has 1 aromatic heterocycles. The van der Waals surface area contributed by atoms with Gasteiger partial charge in [0, 0.05) is 25.1 Å². The fraction of sp³-hybridized carbons (Fsp3) is 0.500. The smallest absolute Gasteiger partial charge is 0.250 e. The second kappa shape index (κ2) is 7.56. The maximum Gasteiger partial charge on any atom is 0.250 e. The molecular weight excluding hydrogens is 290 g/mol. The highest BCUT2D eigenvalue weighted by Gasteiger charge is 2.17. The molecule has 0 unspecified atom stereocenters. The highest BCUT2D eigenvalue weighted by atomic mass is 32.2. The van der Waals surface area contributed by atoms with Gasteiger partial charge in [-0.05, 0) is 12.1 Å². The van der Waals surface area contributed by atoms with E-state index in [1.807, 2.05) is 0 Å². The Labute approximate surface area is 116 Å². The van der Waals surface area contributed by atoms with E-state index in [4.69, 9.17) is 10.5 Å². The Morgan fingerprint density at radius 2 is 2.21 bits per heavy atom. The number of rotatable bonds is 8. The molecule has 0 aliphatic carbocycles. The van der Waals surface area contributed by atoms with Crippen LogP contribution < -0.4 is 15.8 Å². The molecule has 108 valence electrons. The normalized spacial score (nSPS) is 11.5. The van der Waals surface area contributed by atoms with Crippen LogP contribution in [0, 0.1) is 0 Å². The highest BCUT2D eigenvalue weighted by molar-refractivity contribution is 7.91. The standard InChI is InChI=1S/C10H17N3O4S2/c1-17-5-4-12-9(14)7-13-19(15,16)10-3-2-8(6-11)18-10/h2-3,13H,4-7,11H2,1H3,(H,12,14). The Morgan fingerprint density at radius 3 is 2.79 bits per heavy atom. The minimum absolute atomic E-state index is 0.151. The van der Waals surface area contributed by atoms with Gasteiger partial charge < -0.3 is 15.8 Å². The molecule has 0 saturated heterocycles. The molecule has 1 rings (SSSR count). The summed E-state index contributed by atoms with van der Waals surface area (Å²) in [4.78, 5) is 12.1. The van der Waals surface area contributed by atoms with E-state index >= 15 is 0 Å². The number of sulfonamides is 1. The molecule has 0 fully saturated rings. The van der Waals surface area contributed by atoms with Crippen molar-refractivity contribution < 1.29 is 17.9 Å². The van der Waals surface area contributed by atoms with Gasteiger partial charge in [0.1, 0.15) is 4.21 Å². The summed E-state index contributed by atoms with van der Waals surface area (Å²) in [5.41, 5.74) is 5.42. The van der Waals surface area contributed by atoms with Crippen LogP contribution >= 0.6 is 11.3 Å². The second-order valence-corrected chi connectivity index (χ2v) is 6.75. The molecule has 1 amide bonds. The summed E-state index contributed by atoms with van der Waals surface area (Å²) in [6.45, 7) is 0.705. The number of nitrogens with one attached hydrogen (secondary N) is 2. The van der Waals surface area contributed by atoms with Crippen molar-refractivity contribution in [2.45, 2.75) is 10.8 Å². The van der Waals surface area contributed by atoms with Crippen molar-refractivity contribution in [3.05, 3.63) is 17.0 Å². The van der Waals surface area contributed by atoms with Crippen LogP contribution in [0.25, 0.3) is 0 Å². The zero-order valence-corrected chi connectivity index (χ0v) is 12.1. The molecule has 0 aliphatic rings. The number of carbonyl (C=O) groups is 1. The first kappa shape index (κ1) is 16.1. The number of hydrogen-bond donors (Lipinski definition) is 3. The molecule has 0 atom stereocenters. The molecule has 0 radical (unpaired) electrons. The van der Waals surface area contributed by atoms with Gasteiger partial charge >= 0.3 is 0 Å². The lowest BCUT2D eigenvalue weighted by atomic mass is 10.5. The van der Waals surface area contributed by atoms with Gasteiger partial charge in [-0.1, -0.05) is 0 Å². The van der Waals surface area contributed by atoms with Gasteiger partial charge in [-0.2, -0.15) is 0 Å². The summed E-state index contributed by atoms with van der Waals surface area (Å²) >= 11 is 1.09. The van der Waals surface area contributed by atoms with E-state index < -0.39 is 15.9 Å². The Kier molecular flexibility index (Phi) is 6.38. The van der Waals surface area contributed by atoms with Crippen LogP contribution in [0.3, 0.4) is 0 Å². The van der Waals surface area contributed by atoms with Crippen LogP contribution in [0.1, 0.15) is 4.88 Å². The Balaban J connectivity index is 2.49. The van der Waals surface area contributed by atoms with Gasteiger partial charge in [0.25, 0.3) is 10.0 Å². The van der Waals surface area contributed by atoms with Crippen molar-refractivity contribution in [1.29, 1.82) is 0 Å². The molecule has 1 aromatic rings. The summed E-state index contributed by atoms with van der Waals surface area (Å²) in [7, 11) is -2.14. The predicted octanol–water partition coefficient (Wildman–Crippen LogP) is -0.752. The molecule has 0 aliphatic heterocycles. The van der Waals surface area contributed by atoms with Crippen molar-refractivity contribution >= 4 is 27.3 Å². The molecule has 9 heteroatoms. The van der Waals surface area contributed by atoms with Crippen LogP contribution in [0.2, 0.25) is 0 Å². The van der Waals surface area contributed by atoms with Gasteiger partial charge in [0.2, 0.25) is 5.91 Å². The van der Waals surface area contributed by atoms with Crippen molar-refractivity contribution in [1.82, 2.24) is 10.0 Å². The van der Waals surface area contributed by atoms with Gasteiger partial charge in [-0.3, -0.25) is 4.79 Å². The van der Waals surface area contributed by atoms with Gasteiger partial charge in [-0.25, -0.2) is 13.1 Å². The second-order valence-electron chi connectivity index (χ2n) is 3.59. The molecule has 0 spiro atoms. The van der Waals surface area contributed by atoms with E-state index in [1.165, 1.54) is 13.2 Å². The lowest BCUT2D eigenvalue weighted by Gasteiger charge is -2.06. The third-order valence-electron chi connectivity index (χ3n) is 2.15. The zero-order valence-electron chi connectivity index (χ0n) is 10.5. The molecule has 0 saturated carbocycles. The van der Waals surface area contributed by atoms with E-state index in [2.05, 4.69) is 10.0 Å². The van der Waals surface area contributed by atoms with E-state index in [-0.39, 0.29) is 17.3 Å². The molecule has 19 heavy (non-hydrogen) atoms. The largest absolute Gasteiger partial charge is 0.383 e. The van der Waals surface area contributed by atoms with Crippen LogP contribution in [0.15, 0.2) is 16.3 Å². The lowest BCUT2D eigenvalue weighted by Crippen LogP contribution is -2.37. The summed E-state index contributed by atoms with van der Waals surface area (Å²) in [5.74, 6) is -0.406. The average molecular weight is 307 g/mol. The van der Waals surface area contributed by atoms with Crippen molar-refractivity contribution in [3.63, 3.8) is 0 Å². The number of methoxy groups -OCH3 is 1. The summed E-state index contributed by atoms with van der Waals surface area (Å²) in [5, 5.41) is 2.52. The first-order valence-corrected chi connectivity index (χ1v) is 7.83. The maximum atomic E-state index is 11.8. The first-order chi connectivity index (χ1) is 8.99. The van der Waals surface area contributed by atoms with Crippen LogP contribution in [0.5, 0.6) is 0 Å². The van der Waals surface area contributed by atoms with Crippen LogP contribution in [-0.4, -0.2) is 41.1 Å². The number of carbonyl (C=O) groups excluding carboxylic acids is 1. The van der Waals surface area contributed by atoms with Crippen LogP contribution in [0.4, 0.5) is 0 Å². The molecule has 7 nitrogen and oxygen atoms in total. The minimum Gasteiger partial charge on any atom is -0.383 e. The molecule has 0 aromatic carbocycles. The Hall–Kier alpha value is -1.00. The fourth-order valence-corrected chi connectivity index (χ4v) is 3.46. The summed E-state index contributed by atoms with van der Waals surface area (Å²) < 4.78 is 30.8. The van der Waals surface area contributed by atoms with E-state index in [1.54, 1.807) is 6.07 Å². The molecular formula is C10H17N3O4S2. The van der Waals surface area contributed by atoms with E-state index in [9.17, 15) is 13.2 Å². The van der Waals surface area contributed by atoms with Crippen molar-refractivity contribution in [2.75, 3.05) is 26.8 Å². The third kappa shape index (κ3) is 5.25. The topological polar surface area (TPSA) is 111 Å². The molecule has 0 bridgehead atoms. The average Bonchev–Trinajstić information content (AvgIpc) is 2.86. The quantitative estimate of drug-likeness (QED) is 0.547. The highest BCUT2D eigenvalue weighted by Crippen LogP contribution is 2.20. The molecule has 1 heterocycles. The SMILES string of the molecule is COCCNC(=O)CNS(=O)(=O)c1ccc(CN)s1. The van der Waals surface area contributed by atoms with E-state index in [0.717, 1.165) is 16.2 Å². The third-order valence-corrected chi connectivity index (χ3v) is 5.15. The fourth-order valence-electron chi connectivity index (χ4n) is 1.20. The summed E-state index contributed by atoms with van der Waals surface area (Å²) in [6.07, 6.45) is 0. The number of nitrogens with two attached hydrogens (primary N) is 1. The van der Waals surface area contributed by atoms with Crippen molar-refractivity contribution in [2.24, 2.45) is 5.73 Å². The van der Waals surface area contributed by atoms with Crippen LogP contribution in [-0.2, 0) is 26.1 Å². The summed E-state index contributed by atoms with van der Waals surface area (Å²) in [6, 6.07) is 3.12. The lowest BCUT2D eigenvalue weighted by molar-refractivity contribution is -0.120. The molecule has 4 N–H and O–H groups in total. The maximum absolute atomic E-state index is 11.8. The number of ether oxygens (including phenoxy) is 1. The minimum atomic E-state index is -3.65.